The summed E-state index contributed by atoms with van der Waals surface area (Å²) in [7, 11) is 0. The standard InChI is InChI=1S/C24H26N4O4/c1-24(18-11-10-16-6-5-7-17(16)14-18)22(31)28(23(32)26-24)15-21(30)27(13-12-20(25)29)19-8-3-2-4-9-19/h2-4,8-11,14H,5-7,12-13,15H2,1H3,(H2,25,29)(H,26,32). The average Bonchev–Trinajstić information content (AvgIpc) is 3.33. The highest BCUT2D eigenvalue weighted by atomic mass is 16.2. The number of carbonyl (C=O) groups excluding carboxylic acids is 4. The van der Waals surface area contributed by atoms with E-state index in [2.05, 4.69) is 5.32 Å². The van der Waals surface area contributed by atoms with Crippen molar-refractivity contribution < 1.29 is 19.2 Å². The van der Waals surface area contributed by atoms with E-state index in [1.165, 1.54) is 16.0 Å². The third-order valence-electron chi connectivity index (χ3n) is 6.19. The van der Waals surface area contributed by atoms with E-state index < -0.39 is 35.8 Å². The molecule has 2 aliphatic rings. The molecular weight excluding hydrogens is 408 g/mol. The molecule has 1 unspecified atom stereocenters. The van der Waals surface area contributed by atoms with Crippen molar-refractivity contribution in [1.29, 1.82) is 0 Å². The van der Waals surface area contributed by atoms with Gasteiger partial charge < -0.3 is 16.0 Å². The number of benzene rings is 2. The Hall–Kier alpha value is -3.68. The number of primary amides is 1. The van der Waals surface area contributed by atoms with Gasteiger partial charge in [-0.1, -0.05) is 36.4 Å². The fourth-order valence-corrected chi connectivity index (χ4v) is 4.37. The lowest BCUT2D eigenvalue weighted by Gasteiger charge is -2.25. The van der Waals surface area contributed by atoms with E-state index in [1.54, 1.807) is 37.3 Å². The first-order chi connectivity index (χ1) is 15.3. The molecule has 0 saturated carbocycles. The third kappa shape index (κ3) is 3.95. The van der Waals surface area contributed by atoms with E-state index in [9.17, 15) is 19.2 Å². The number of nitrogens with zero attached hydrogens (tertiary/aromatic N) is 2. The highest BCUT2D eigenvalue weighted by Crippen LogP contribution is 2.32. The number of anilines is 1. The lowest BCUT2D eigenvalue weighted by atomic mass is 9.89. The van der Waals surface area contributed by atoms with Crippen molar-refractivity contribution in [3.05, 3.63) is 65.2 Å². The normalized spacial score (nSPS) is 19.6. The van der Waals surface area contributed by atoms with E-state index in [0.29, 0.717) is 11.3 Å². The summed E-state index contributed by atoms with van der Waals surface area (Å²) in [5.74, 6) is -1.49. The predicted molar refractivity (Wildman–Crippen MR) is 119 cm³/mol. The van der Waals surface area contributed by atoms with Gasteiger partial charge in [-0.25, -0.2) is 4.79 Å². The lowest BCUT2D eigenvalue weighted by molar-refractivity contribution is -0.134. The van der Waals surface area contributed by atoms with Crippen molar-refractivity contribution in [3.8, 4) is 0 Å². The lowest BCUT2D eigenvalue weighted by Crippen LogP contribution is -2.45. The minimum Gasteiger partial charge on any atom is -0.370 e. The minimum absolute atomic E-state index is 0.0341. The van der Waals surface area contributed by atoms with Gasteiger partial charge in [0.15, 0.2) is 0 Å². The van der Waals surface area contributed by atoms with E-state index >= 15 is 0 Å². The Morgan fingerprint density at radius 2 is 1.81 bits per heavy atom. The van der Waals surface area contributed by atoms with Crippen molar-refractivity contribution in [3.63, 3.8) is 0 Å². The first-order valence-electron chi connectivity index (χ1n) is 10.7. The number of hydrogen-bond acceptors (Lipinski definition) is 4. The molecule has 32 heavy (non-hydrogen) atoms. The number of nitrogens with one attached hydrogen (secondary N) is 1. The first kappa shape index (κ1) is 21.5. The number of carbonyl (C=O) groups is 4. The molecule has 2 aromatic carbocycles. The highest BCUT2D eigenvalue weighted by molar-refractivity contribution is 6.10. The second kappa shape index (κ2) is 8.45. The summed E-state index contributed by atoms with van der Waals surface area (Å²) in [6.07, 6.45) is 3.02. The number of fused-ring (bicyclic) bond motifs is 1. The topological polar surface area (TPSA) is 113 Å². The number of hydrogen-bond donors (Lipinski definition) is 2. The van der Waals surface area contributed by atoms with Crippen molar-refractivity contribution in [2.24, 2.45) is 5.73 Å². The SMILES string of the molecule is CC1(c2ccc3c(c2)CCC3)NC(=O)N(CC(=O)N(CCC(N)=O)c2ccccc2)C1=O. The van der Waals surface area contributed by atoms with E-state index in [1.807, 2.05) is 18.2 Å². The number of rotatable bonds is 7. The summed E-state index contributed by atoms with van der Waals surface area (Å²) in [4.78, 5) is 52.7. The van der Waals surface area contributed by atoms with Gasteiger partial charge in [0.05, 0.1) is 0 Å². The van der Waals surface area contributed by atoms with Gasteiger partial charge in [0.2, 0.25) is 11.8 Å². The maximum absolute atomic E-state index is 13.3. The fourth-order valence-electron chi connectivity index (χ4n) is 4.37. The first-order valence-corrected chi connectivity index (χ1v) is 10.7. The summed E-state index contributed by atoms with van der Waals surface area (Å²) < 4.78 is 0. The Bertz CT molecular complexity index is 1080. The Morgan fingerprint density at radius 3 is 2.53 bits per heavy atom. The largest absolute Gasteiger partial charge is 0.370 e. The van der Waals surface area contributed by atoms with Crippen molar-refractivity contribution >= 4 is 29.4 Å². The molecular formula is C24H26N4O4. The molecule has 1 fully saturated rings. The Labute approximate surface area is 186 Å². The van der Waals surface area contributed by atoms with Crippen LogP contribution in [-0.4, -0.2) is 41.7 Å². The zero-order valence-corrected chi connectivity index (χ0v) is 18.0. The number of para-hydroxylation sites is 1. The van der Waals surface area contributed by atoms with Crippen LogP contribution in [0.3, 0.4) is 0 Å². The summed E-state index contributed by atoms with van der Waals surface area (Å²) in [6.45, 7) is 1.29. The van der Waals surface area contributed by atoms with Gasteiger partial charge >= 0.3 is 6.03 Å². The van der Waals surface area contributed by atoms with Crippen molar-refractivity contribution in [2.45, 2.75) is 38.1 Å². The molecule has 166 valence electrons. The van der Waals surface area contributed by atoms with E-state index in [-0.39, 0.29) is 13.0 Å². The number of amides is 5. The molecule has 0 spiro atoms. The second-order valence-corrected chi connectivity index (χ2v) is 8.38. The third-order valence-corrected chi connectivity index (χ3v) is 6.19. The molecule has 1 aliphatic heterocycles. The molecule has 1 heterocycles. The monoisotopic (exact) mass is 434 g/mol. The summed E-state index contributed by atoms with van der Waals surface area (Å²) in [6, 6.07) is 14.0. The number of imide groups is 1. The average molecular weight is 434 g/mol. The van der Waals surface area contributed by atoms with Crippen molar-refractivity contribution in [2.75, 3.05) is 18.0 Å². The van der Waals surface area contributed by atoms with E-state index in [0.717, 1.165) is 24.2 Å². The van der Waals surface area contributed by atoms with E-state index in [4.69, 9.17) is 5.73 Å². The summed E-state index contributed by atoms with van der Waals surface area (Å²) in [5.41, 5.74) is 7.76. The van der Waals surface area contributed by atoms with Crippen LogP contribution >= 0.6 is 0 Å². The predicted octanol–water partition coefficient (Wildman–Crippen LogP) is 1.85. The molecule has 8 nitrogen and oxygen atoms in total. The second-order valence-electron chi connectivity index (χ2n) is 8.38. The Morgan fingerprint density at radius 1 is 1.09 bits per heavy atom. The highest BCUT2D eigenvalue weighted by Gasteiger charge is 2.50. The number of aryl methyl sites for hydroxylation is 2. The molecule has 1 saturated heterocycles. The molecule has 0 bridgehead atoms. The fraction of sp³-hybridized carbons (Fsp3) is 0.333. The molecule has 1 atom stereocenters. The van der Waals surface area contributed by atoms with Crippen LogP contribution in [0.25, 0.3) is 0 Å². The smallest absolute Gasteiger partial charge is 0.325 e. The zero-order valence-electron chi connectivity index (χ0n) is 18.0. The molecule has 1 aliphatic carbocycles. The summed E-state index contributed by atoms with van der Waals surface area (Å²) >= 11 is 0. The molecule has 3 N–H and O–H groups in total. The van der Waals surface area contributed by atoms with Gasteiger partial charge in [0, 0.05) is 18.7 Å². The molecule has 5 amide bonds. The van der Waals surface area contributed by atoms with Crippen LogP contribution < -0.4 is 16.0 Å². The number of urea groups is 1. The molecule has 4 rings (SSSR count). The van der Waals surface area contributed by atoms with Gasteiger partial charge in [0.1, 0.15) is 12.1 Å². The van der Waals surface area contributed by atoms with Crippen LogP contribution in [0.1, 0.15) is 36.5 Å². The molecule has 0 aromatic heterocycles. The molecule has 2 aromatic rings. The van der Waals surface area contributed by atoms with Crippen LogP contribution in [0.5, 0.6) is 0 Å². The van der Waals surface area contributed by atoms with Crippen molar-refractivity contribution in [1.82, 2.24) is 10.2 Å². The van der Waals surface area contributed by atoms with Crippen LogP contribution in [0, 0.1) is 0 Å². The number of nitrogens with two attached hydrogens (primary N) is 1. The van der Waals surface area contributed by atoms with Gasteiger partial charge in [0.25, 0.3) is 5.91 Å². The maximum atomic E-state index is 13.3. The Balaban J connectivity index is 1.55. The van der Waals surface area contributed by atoms with Gasteiger partial charge in [-0.2, -0.15) is 0 Å². The maximum Gasteiger partial charge on any atom is 0.325 e. The minimum atomic E-state index is -1.24. The van der Waals surface area contributed by atoms with Gasteiger partial charge in [-0.15, -0.1) is 0 Å². The van der Waals surface area contributed by atoms with Crippen LogP contribution in [-0.2, 0) is 32.8 Å². The van der Waals surface area contributed by atoms with Crippen LogP contribution in [0.15, 0.2) is 48.5 Å². The van der Waals surface area contributed by atoms with Crippen LogP contribution in [0.2, 0.25) is 0 Å². The summed E-state index contributed by atoms with van der Waals surface area (Å²) in [5, 5.41) is 2.76. The molecule has 0 radical (unpaired) electrons. The zero-order chi connectivity index (χ0) is 22.9. The van der Waals surface area contributed by atoms with Gasteiger partial charge in [-0.3, -0.25) is 19.3 Å². The van der Waals surface area contributed by atoms with Gasteiger partial charge in [-0.05, 0) is 55.0 Å². The molecule has 8 heteroatoms. The van der Waals surface area contributed by atoms with Crippen LogP contribution in [0.4, 0.5) is 10.5 Å². The quantitative estimate of drug-likeness (QED) is 0.648. The Kier molecular flexibility index (Phi) is 5.69.